The lowest BCUT2D eigenvalue weighted by molar-refractivity contribution is -0.117. The number of carbonyl (C=O) groups excluding carboxylic acids is 1. The number of amides is 1. The zero-order valence-corrected chi connectivity index (χ0v) is 8.28. The maximum atomic E-state index is 11.2. The Labute approximate surface area is 83.1 Å². The highest BCUT2D eigenvalue weighted by Crippen LogP contribution is 2.16. The van der Waals surface area contributed by atoms with Gasteiger partial charge < -0.3 is 15.8 Å². The van der Waals surface area contributed by atoms with Gasteiger partial charge in [-0.15, -0.1) is 0 Å². The molecule has 0 saturated heterocycles. The normalized spacial score (nSPS) is 11.9. The second-order valence-corrected chi connectivity index (χ2v) is 3.01. The van der Waals surface area contributed by atoms with Crippen molar-refractivity contribution in [2.45, 2.75) is 13.0 Å². The molecule has 1 atom stereocenters. The van der Waals surface area contributed by atoms with Crippen molar-refractivity contribution in [3.05, 3.63) is 24.3 Å². The van der Waals surface area contributed by atoms with Crippen LogP contribution in [-0.2, 0) is 4.79 Å². The summed E-state index contributed by atoms with van der Waals surface area (Å²) in [7, 11) is 1.58. The fourth-order valence-corrected chi connectivity index (χ4v) is 0.957. The molecule has 1 aromatic carbocycles. The minimum atomic E-state index is -0.513. The molecule has 0 aliphatic heterocycles. The van der Waals surface area contributed by atoms with Gasteiger partial charge in [0.25, 0.3) is 0 Å². The van der Waals surface area contributed by atoms with E-state index in [-0.39, 0.29) is 5.91 Å². The molecule has 76 valence electrons. The van der Waals surface area contributed by atoms with E-state index in [1.165, 1.54) is 0 Å². The Morgan fingerprint density at radius 1 is 1.57 bits per heavy atom. The van der Waals surface area contributed by atoms with Crippen molar-refractivity contribution in [1.29, 1.82) is 0 Å². The van der Waals surface area contributed by atoms with Crippen LogP contribution in [0.3, 0.4) is 0 Å². The highest BCUT2D eigenvalue weighted by atomic mass is 16.5. The quantitative estimate of drug-likeness (QED) is 0.753. The first-order valence-corrected chi connectivity index (χ1v) is 4.34. The number of hydrogen-bond acceptors (Lipinski definition) is 3. The molecular weight excluding hydrogens is 180 g/mol. The van der Waals surface area contributed by atoms with Crippen LogP contribution in [0.15, 0.2) is 24.3 Å². The van der Waals surface area contributed by atoms with Gasteiger partial charge in [0.05, 0.1) is 13.2 Å². The van der Waals surface area contributed by atoms with E-state index < -0.39 is 6.04 Å². The first kappa shape index (κ1) is 10.5. The molecule has 4 heteroatoms. The molecule has 0 aromatic heterocycles. The Morgan fingerprint density at radius 3 is 2.86 bits per heavy atom. The summed E-state index contributed by atoms with van der Waals surface area (Å²) in [5, 5.41) is 2.67. The van der Waals surface area contributed by atoms with Crippen LogP contribution < -0.4 is 15.8 Å². The summed E-state index contributed by atoms with van der Waals surface area (Å²) in [4.78, 5) is 11.2. The summed E-state index contributed by atoms with van der Waals surface area (Å²) in [6, 6.07) is 6.61. The molecule has 0 radical (unpaired) electrons. The summed E-state index contributed by atoms with van der Waals surface area (Å²) >= 11 is 0. The highest BCUT2D eigenvalue weighted by Gasteiger charge is 2.07. The molecule has 0 heterocycles. The molecular formula is C10H14N2O2. The van der Waals surface area contributed by atoms with Crippen LogP contribution in [0.25, 0.3) is 0 Å². The van der Waals surface area contributed by atoms with Crippen LogP contribution in [-0.4, -0.2) is 19.1 Å². The van der Waals surface area contributed by atoms with Crippen LogP contribution >= 0.6 is 0 Å². The van der Waals surface area contributed by atoms with Gasteiger partial charge in [-0.2, -0.15) is 0 Å². The van der Waals surface area contributed by atoms with Crippen molar-refractivity contribution in [2.75, 3.05) is 12.4 Å². The molecule has 0 fully saturated rings. The standard InChI is InChI=1S/C10H14N2O2/c1-7(11)10(13)12-8-4-3-5-9(6-8)14-2/h3-7H,11H2,1-2H3,(H,12,13)/t7-/m0/s1. The Kier molecular flexibility index (Phi) is 3.48. The zero-order chi connectivity index (χ0) is 10.6. The maximum absolute atomic E-state index is 11.2. The highest BCUT2D eigenvalue weighted by molar-refractivity contribution is 5.94. The number of nitrogens with one attached hydrogen (secondary N) is 1. The Bertz CT molecular complexity index is 324. The van der Waals surface area contributed by atoms with Gasteiger partial charge in [0.2, 0.25) is 5.91 Å². The van der Waals surface area contributed by atoms with Gasteiger partial charge in [-0.1, -0.05) is 6.07 Å². The van der Waals surface area contributed by atoms with E-state index in [2.05, 4.69) is 5.32 Å². The minimum absolute atomic E-state index is 0.210. The Hall–Kier alpha value is -1.55. The number of carbonyl (C=O) groups is 1. The van der Waals surface area contributed by atoms with Gasteiger partial charge in [-0.25, -0.2) is 0 Å². The molecule has 1 amide bonds. The topological polar surface area (TPSA) is 64.3 Å². The monoisotopic (exact) mass is 194 g/mol. The van der Waals surface area contributed by atoms with Crippen molar-refractivity contribution in [3.63, 3.8) is 0 Å². The average molecular weight is 194 g/mol. The van der Waals surface area contributed by atoms with Gasteiger partial charge in [0.15, 0.2) is 0 Å². The molecule has 0 unspecified atom stereocenters. The maximum Gasteiger partial charge on any atom is 0.241 e. The molecule has 0 spiro atoms. The number of benzene rings is 1. The first-order valence-electron chi connectivity index (χ1n) is 4.34. The van der Waals surface area contributed by atoms with Crippen molar-refractivity contribution in [2.24, 2.45) is 5.73 Å². The summed E-state index contributed by atoms with van der Waals surface area (Å²) in [5.74, 6) is 0.491. The average Bonchev–Trinajstić information content (AvgIpc) is 2.18. The van der Waals surface area contributed by atoms with Gasteiger partial charge in [0, 0.05) is 11.8 Å². The van der Waals surface area contributed by atoms with Crippen LogP contribution in [0, 0.1) is 0 Å². The Balaban J connectivity index is 2.72. The van der Waals surface area contributed by atoms with Crippen molar-refractivity contribution in [1.82, 2.24) is 0 Å². The molecule has 0 aliphatic rings. The smallest absolute Gasteiger partial charge is 0.241 e. The second-order valence-electron chi connectivity index (χ2n) is 3.01. The fourth-order valence-electron chi connectivity index (χ4n) is 0.957. The second kappa shape index (κ2) is 4.62. The van der Waals surface area contributed by atoms with Crippen LogP contribution in [0.5, 0.6) is 5.75 Å². The van der Waals surface area contributed by atoms with Crippen LogP contribution in [0.2, 0.25) is 0 Å². The van der Waals surface area contributed by atoms with Crippen molar-refractivity contribution >= 4 is 11.6 Å². The largest absolute Gasteiger partial charge is 0.497 e. The predicted octanol–water partition coefficient (Wildman–Crippen LogP) is 0.981. The summed E-state index contributed by atoms with van der Waals surface area (Å²) < 4.78 is 5.01. The van der Waals surface area contributed by atoms with Crippen molar-refractivity contribution in [3.8, 4) is 5.75 Å². The van der Waals surface area contributed by atoms with Gasteiger partial charge in [0.1, 0.15) is 5.75 Å². The third-order valence-corrected chi connectivity index (χ3v) is 1.75. The number of rotatable bonds is 3. The Morgan fingerprint density at radius 2 is 2.29 bits per heavy atom. The zero-order valence-electron chi connectivity index (χ0n) is 8.28. The van der Waals surface area contributed by atoms with E-state index >= 15 is 0 Å². The van der Waals surface area contributed by atoms with E-state index in [1.54, 1.807) is 32.2 Å². The number of methoxy groups -OCH3 is 1. The number of hydrogen-bond donors (Lipinski definition) is 2. The molecule has 1 aromatic rings. The summed E-state index contributed by atoms with van der Waals surface area (Å²) in [6.45, 7) is 1.63. The van der Waals surface area contributed by atoms with E-state index in [0.29, 0.717) is 11.4 Å². The van der Waals surface area contributed by atoms with Crippen molar-refractivity contribution < 1.29 is 9.53 Å². The molecule has 3 N–H and O–H groups in total. The van der Waals surface area contributed by atoms with E-state index in [0.717, 1.165) is 0 Å². The van der Waals surface area contributed by atoms with Crippen LogP contribution in [0.1, 0.15) is 6.92 Å². The molecule has 4 nitrogen and oxygen atoms in total. The van der Waals surface area contributed by atoms with Gasteiger partial charge in [-0.3, -0.25) is 4.79 Å². The van der Waals surface area contributed by atoms with E-state index in [4.69, 9.17) is 10.5 Å². The predicted molar refractivity (Wildman–Crippen MR) is 55.3 cm³/mol. The molecule has 14 heavy (non-hydrogen) atoms. The van der Waals surface area contributed by atoms with Gasteiger partial charge in [-0.05, 0) is 19.1 Å². The molecule has 0 bridgehead atoms. The number of nitrogens with two attached hydrogens (primary N) is 1. The third-order valence-electron chi connectivity index (χ3n) is 1.75. The summed E-state index contributed by atoms with van der Waals surface area (Å²) in [6.07, 6.45) is 0. The molecule has 0 aliphatic carbocycles. The number of ether oxygens (including phenoxy) is 1. The fraction of sp³-hybridized carbons (Fsp3) is 0.300. The lowest BCUT2D eigenvalue weighted by Gasteiger charge is -2.08. The number of anilines is 1. The molecule has 1 rings (SSSR count). The van der Waals surface area contributed by atoms with E-state index in [1.807, 2.05) is 6.07 Å². The third kappa shape index (κ3) is 2.74. The lowest BCUT2D eigenvalue weighted by atomic mass is 10.2. The van der Waals surface area contributed by atoms with E-state index in [9.17, 15) is 4.79 Å². The van der Waals surface area contributed by atoms with Gasteiger partial charge >= 0.3 is 0 Å². The lowest BCUT2D eigenvalue weighted by Crippen LogP contribution is -2.32. The minimum Gasteiger partial charge on any atom is -0.497 e. The summed E-state index contributed by atoms with van der Waals surface area (Å²) in [5.41, 5.74) is 6.10. The SMILES string of the molecule is COc1cccc(NC(=O)[C@H](C)N)c1. The van der Waals surface area contributed by atoms with Crippen LogP contribution in [0.4, 0.5) is 5.69 Å². The molecule has 0 saturated carbocycles. The first-order chi connectivity index (χ1) is 6.63.